The van der Waals surface area contributed by atoms with Gasteiger partial charge in [-0.05, 0) is 12.8 Å². The van der Waals surface area contributed by atoms with E-state index in [1.54, 1.807) is 0 Å². The van der Waals surface area contributed by atoms with Gasteiger partial charge in [0.1, 0.15) is 0 Å². The second-order valence-corrected chi connectivity index (χ2v) is 4.33. The van der Waals surface area contributed by atoms with Crippen LogP contribution in [0.1, 0.15) is 25.7 Å². The molecule has 0 saturated carbocycles. The lowest BCUT2D eigenvalue weighted by Gasteiger charge is -2.28. The highest BCUT2D eigenvalue weighted by Gasteiger charge is 1.92. The number of unbranched alkanes of at least 4 members (excludes halogenated alkanes) is 3. The number of hydrogen-bond donors (Lipinski definition) is 2. The molecule has 0 fully saturated rings. The van der Waals surface area contributed by atoms with Gasteiger partial charge in [-0.15, -0.1) is 0 Å². The fraction of sp³-hybridized carbons (Fsp3) is 1.00. The van der Waals surface area contributed by atoms with E-state index in [0.29, 0.717) is 6.42 Å². The van der Waals surface area contributed by atoms with Gasteiger partial charge in [-0.25, -0.2) is 0 Å². The van der Waals surface area contributed by atoms with Crippen molar-refractivity contribution < 1.29 is 18.9 Å². The zero-order valence-corrected chi connectivity index (χ0v) is 11.2. The summed E-state index contributed by atoms with van der Waals surface area (Å²) in [5.74, 6) is 0. The summed E-state index contributed by atoms with van der Waals surface area (Å²) >= 11 is 3.27. The van der Waals surface area contributed by atoms with Crippen LogP contribution in [-0.4, -0.2) is 11.9 Å². The highest BCUT2D eigenvalue weighted by atomic mass is 79.9. The minimum absolute atomic E-state index is 0. The molecule has 0 saturated heterocycles. The Morgan fingerprint density at radius 2 is 1.57 bits per heavy atom. The van der Waals surface area contributed by atoms with Crippen molar-refractivity contribution in [3.8, 4) is 0 Å². The van der Waals surface area contributed by atoms with E-state index in [1.807, 2.05) is 0 Å². The molecule has 0 radical (unpaired) electrons. The molecular formula is C6H20BrN2O4P. The van der Waals surface area contributed by atoms with E-state index in [-0.39, 0.29) is 18.9 Å². The molecule has 0 atom stereocenters. The third kappa shape index (κ3) is 18.3. The Balaban J connectivity index is -0.000000605. The van der Waals surface area contributed by atoms with Gasteiger partial charge in [-0.2, -0.15) is 0 Å². The lowest BCUT2D eigenvalue weighted by atomic mass is 10.2. The van der Waals surface area contributed by atoms with Crippen molar-refractivity contribution in [1.82, 2.24) is 12.3 Å². The minimum Gasteiger partial charge on any atom is -0.790 e. The minimum atomic E-state index is -4.73. The van der Waals surface area contributed by atoms with Crippen LogP contribution in [0.4, 0.5) is 0 Å². The zero-order valence-electron chi connectivity index (χ0n) is 8.70. The molecule has 14 heavy (non-hydrogen) atoms. The van der Waals surface area contributed by atoms with Crippen LogP contribution in [0.25, 0.3) is 0 Å². The molecule has 8 N–H and O–H groups in total. The molecule has 0 amide bonds. The molecule has 0 heterocycles. The standard InChI is InChI=1S/C6H14BrO4P.2H3N/c7-5-3-1-2-4-6-11-12(8,9)10;;/h1-6H2,(H2,8,9,10);2*1H3. The van der Waals surface area contributed by atoms with Crippen molar-refractivity contribution in [3.05, 3.63) is 0 Å². The maximum absolute atomic E-state index is 9.96. The number of hydrogen-bond acceptors (Lipinski definition) is 4. The third-order valence-electron chi connectivity index (χ3n) is 1.28. The summed E-state index contributed by atoms with van der Waals surface area (Å²) in [6.07, 6.45) is 3.61. The van der Waals surface area contributed by atoms with Gasteiger partial charge < -0.3 is 31.2 Å². The van der Waals surface area contributed by atoms with Gasteiger partial charge in [0.05, 0.1) is 14.4 Å². The Bertz CT molecular complexity index is 155. The van der Waals surface area contributed by atoms with Crippen LogP contribution in [0.5, 0.6) is 0 Å². The van der Waals surface area contributed by atoms with Crippen LogP contribution in [0.2, 0.25) is 0 Å². The molecule has 6 nitrogen and oxygen atoms in total. The van der Waals surface area contributed by atoms with Crippen LogP contribution >= 0.6 is 23.8 Å². The summed E-state index contributed by atoms with van der Waals surface area (Å²) in [5.41, 5.74) is 0. The zero-order chi connectivity index (χ0) is 9.45. The van der Waals surface area contributed by atoms with Crippen LogP contribution in [0, 0.1) is 0 Å². The van der Waals surface area contributed by atoms with Crippen LogP contribution < -0.4 is 22.1 Å². The van der Waals surface area contributed by atoms with E-state index in [0.717, 1.165) is 24.6 Å². The molecule has 90 valence electrons. The molecule has 0 spiro atoms. The topological polar surface area (TPSA) is 145 Å². The Labute approximate surface area is 93.0 Å². The van der Waals surface area contributed by atoms with Crippen LogP contribution in [-0.2, 0) is 9.09 Å². The van der Waals surface area contributed by atoms with Crippen molar-refractivity contribution in [3.63, 3.8) is 0 Å². The lowest BCUT2D eigenvalue weighted by Crippen LogP contribution is -2.16. The molecule has 0 aliphatic heterocycles. The van der Waals surface area contributed by atoms with Crippen molar-refractivity contribution in [1.29, 1.82) is 0 Å². The summed E-state index contributed by atoms with van der Waals surface area (Å²) in [7, 11) is -4.73. The van der Waals surface area contributed by atoms with Crippen LogP contribution in [0.3, 0.4) is 0 Å². The van der Waals surface area contributed by atoms with Crippen molar-refractivity contribution in [2.45, 2.75) is 25.7 Å². The number of phosphoric acid groups is 1. The quantitative estimate of drug-likeness (QED) is 0.416. The summed E-state index contributed by atoms with van der Waals surface area (Å²) < 4.78 is 14.0. The molecule has 0 aliphatic rings. The second kappa shape index (κ2) is 11.6. The first kappa shape index (κ1) is 20.0. The Morgan fingerprint density at radius 1 is 1.07 bits per heavy atom. The summed E-state index contributed by atoms with van der Waals surface area (Å²) in [4.78, 5) is 19.9. The van der Waals surface area contributed by atoms with Gasteiger partial charge in [0.25, 0.3) is 0 Å². The SMILES string of the molecule is O=P([O-])([O-])OCCCCCCBr.[NH4+].[NH4+]. The average Bonchev–Trinajstić information content (AvgIpc) is 1.94. The van der Waals surface area contributed by atoms with Crippen molar-refractivity contribution >= 4 is 23.8 Å². The second-order valence-electron chi connectivity index (χ2n) is 2.38. The molecular weight excluding hydrogens is 275 g/mol. The molecule has 0 aromatic carbocycles. The molecule has 0 rings (SSSR count). The maximum Gasteiger partial charge on any atom is 0.0596 e. The molecule has 0 aliphatic carbocycles. The molecule has 0 unspecified atom stereocenters. The average molecular weight is 295 g/mol. The first-order valence-corrected chi connectivity index (χ1v) is 6.37. The first-order valence-electron chi connectivity index (χ1n) is 3.79. The number of quaternary nitrogens is 2. The fourth-order valence-corrected chi connectivity index (χ4v) is 1.48. The van der Waals surface area contributed by atoms with Gasteiger partial charge in [0.2, 0.25) is 0 Å². The Kier molecular flexibility index (Phi) is 16.5. The third-order valence-corrected chi connectivity index (χ3v) is 2.34. The summed E-state index contributed by atoms with van der Waals surface area (Å²) in [5, 5.41) is 0.954. The van der Waals surface area contributed by atoms with E-state index in [9.17, 15) is 14.4 Å². The highest BCUT2D eigenvalue weighted by Crippen LogP contribution is 2.24. The monoisotopic (exact) mass is 294 g/mol. The van der Waals surface area contributed by atoms with Crippen LogP contribution in [0.15, 0.2) is 0 Å². The van der Waals surface area contributed by atoms with E-state index in [2.05, 4.69) is 20.5 Å². The largest absolute Gasteiger partial charge is 0.790 e. The van der Waals surface area contributed by atoms with Gasteiger partial charge in [0, 0.05) is 5.33 Å². The lowest BCUT2D eigenvalue weighted by molar-refractivity contribution is -0.341. The maximum atomic E-state index is 9.96. The van der Waals surface area contributed by atoms with Crippen molar-refractivity contribution in [2.75, 3.05) is 11.9 Å². The normalized spacial score (nSPS) is 10.2. The van der Waals surface area contributed by atoms with E-state index in [4.69, 9.17) is 0 Å². The molecule has 8 heteroatoms. The molecule has 0 bridgehead atoms. The van der Waals surface area contributed by atoms with Gasteiger partial charge >= 0.3 is 0 Å². The highest BCUT2D eigenvalue weighted by molar-refractivity contribution is 9.09. The van der Waals surface area contributed by atoms with Gasteiger partial charge in [0.15, 0.2) is 0 Å². The summed E-state index contributed by atoms with van der Waals surface area (Å²) in [6.45, 7) is 0.0204. The number of halogens is 1. The van der Waals surface area contributed by atoms with Gasteiger partial charge in [-0.1, -0.05) is 28.8 Å². The van der Waals surface area contributed by atoms with E-state index >= 15 is 0 Å². The molecule has 0 aromatic heterocycles. The molecule has 0 aromatic rings. The summed E-state index contributed by atoms with van der Waals surface area (Å²) in [6, 6.07) is 0. The Hall–Kier alpha value is 0.510. The predicted molar refractivity (Wildman–Crippen MR) is 57.8 cm³/mol. The number of alkyl halides is 1. The first-order chi connectivity index (χ1) is 5.56. The smallest absolute Gasteiger partial charge is 0.0596 e. The Morgan fingerprint density at radius 3 is 2.00 bits per heavy atom. The van der Waals surface area contributed by atoms with Crippen molar-refractivity contribution in [2.24, 2.45) is 0 Å². The number of rotatable bonds is 7. The van der Waals surface area contributed by atoms with Gasteiger partial charge in [-0.3, -0.25) is 0 Å². The van der Waals surface area contributed by atoms with E-state index < -0.39 is 7.82 Å². The van der Waals surface area contributed by atoms with E-state index in [1.165, 1.54) is 0 Å². The predicted octanol–water partition coefficient (Wildman–Crippen LogP) is 1.54. The number of phosphoric ester groups is 1. The fourth-order valence-electron chi connectivity index (χ4n) is 0.726.